The standard InChI is InChI=1S/C12H12BrClFNO2/c13-8-3-2-7(11(15)10(8)14)12(17)9-4-1-6(5-16)18-9/h2-3,6,9H,1,4-5,16H2. The summed E-state index contributed by atoms with van der Waals surface area (Å²) in [6, 6.07) is 2.96. The number of carbonyl (C=O) groups excluding carboxylic acids is 1. The van der Waals surface area contributed by atoms with Crippen molar-refractivity contribution in [3.05, 3.63) is 33.0 Å². The molecule has 1 aliphatic heterocycles. The SMILES string of the molecule is NCC1CCC(C(=O)c2ccc(Br)c(Cl)c2F)O1. The average molecular weight is 337 g/mol. The van der Waals surface area contributed by atoms with Gasteiger partial charge in [-0.3, -0.25) is 4.79 Å². The Morgan fingerprint density at radius 1 is 1.56 bits per heavy atom. The van der Waals surface area contributed by atoms with Gasteiger partial charge in [0.15, 0.2) is 11.6 Å². The van der Waals surface area contributed by atoms with E-state index in [1.807, 2.05) is 0 Å². The fraction of sp³-hybridized carbons (Fsp3) is 0.417. The first kappa shape index (κ1) is 13.9. The fourth-order valence-electron chi connectivity index (χ4n) is 1.96. The van der Waals surface area contributed by atoms with Gasteiger partial charge in [-0.1, -0.05) is 11.6 Å². The molecule has 6 heteroatoms. The van der Waals surface area contributed by atoms with E-state index >= 15 is 0 Å². The van der Waals surface area contributed by atoms with Gasteiger partial charge in [0.1, 0.15) is 6.10 Å². The molecule has 98 valence electrons. The first-order valence-corrected chi connectivity index (χ1v) is 6.75. The Morgan fingerprint density at radius 2 is 2.28 bits per heavy atom. The number of halogens is 3. The van der Waals surface area contributed by atoms with E-state index in [0.717, 1.165) is 6.42 Å². The van der Waals surface area contributed by atoms with Crippen molar-refractivity contribution in [3.8, 4) is 0 Å². The molecule has 1 aliphatic rings. The van der Waals surface area contributed by atoms with Crippen molar-refractivity contribution in [1.82, 2.24) is 0 Å². The first-order chi connectivity index (χ1) is 8.54. The molecule has 1 aromatic rings. The monoisotopic (exact) mass is 335 g/mol. The number of Topliss-reactive ketones (excluding diaryl/α,β-unsaturated/α-hetero) is 1. The number of ketones is 1. The molecule has 2 atom stereocenters. The van der Waals surface area contributed by atoms with Gasteiger partial charge in [-0.15, -0.1) is 0 Å². The first-order valence-electron chi connectivity index (χ1n) is 5.57. The van der Waals surface area contributed by atoms with E-state index in [9.17, 15) is 9.18 Å². The molecule has 2 unspecified atom stereocenters. The molecule has 1 aromatic carbocycles. The van der Waals surface area contributed by atoms with E-state index in [1.54, 1.807) is 6.07 Å². The van der Waals surface area contributed by atoms with Crippen LogP contribution >= 0.6 is 27.5 Å². The van der Waals surface area contributed by atoms with Crippen LogP contribution in [-0.4, -0.2) is 24.5 Å². The van der Waals surface area contributed by atoms with Crippen molar-refractivity contribution in [2.45, 2.75) is 25.0 Å². The van der Waals surface area contributed by atoms with Gasteiger partial charge in [0, 0.05) is 11.0 Å². The lowest BCUT2D eigenvalue weighted by Crippen LogP contribution is -2.25. The smallest absolute Gasteiger partial charge is 0.194 e. The number of benzene rings is 1. The molecule has 0 aliphatic carbocycles. The minimum atomic E-state index is -0.712. The van der Waals surface area contributed by atoms with Crippen LogP contribution < -0.4 is 5.73 Å². The van der Waals surface area contributed by atoms with Gasteiger partial charge >= 0.3 is 0 Å². The van der Waals surface area contributed by atoms with Crippen LogP contribution in [0.2, 0.25) is 5.02 Å². The minimum Gasteiger partial charge on any atom is -0.366 e. The number of rotatable bonds is 3. The van der Waals surface area contributed by atoms with E-state index in [4.69, 9.17) is 22.1 Å². The lowest BCUT2D eigenvalue weighted by atomic mass is 10.0. The van der Waals surface area contributed by atoms with E-state index in [1.165, 1.54) is 6.07 Å². The Labute approximate surface area is 118 Å². The molecule has 0 aromatic heterocycles. The van der Waals surface area contributed by atoms with Crippen LogP contribution in [0.15, 0.2) is 16.6 Å². The van der Waals surface area contributed by atoms with E-state index in [2.05, 4.69) is 15.9 Å². The lowest BCUT2D eigenvalue weighted by molar-refractivity contribution is 0.0401. The van der Waals surface area contributed by atoms with Crippen LogP contribution in [0.4, 0.5) is 4.39 Å². The van der Waals surface area contributed by atoms with Crippen molar-refractivity contribution in [2.24, 2.45) is 5.73 Å². The van der Waals surface area contributed by atoms with E-state index in [0.29, 0.717) is 17.4 Å². The summed E-state index contributed by atoms with van der Waals surface area (Å²) in [6.45, 7) is 0.368. The van der Waals surface area contributed by atoms with Gasteiger partial charge in [0.2, 0.25) is 0 Å². The number of hydrogen-bond donors (Lipinski definition) is 1. The summed E-state index contributed by atoms with van der Waals surface area (Å²) < 4.78 is 19.8. The van der Waals surface area contributed by atoms with Crippen molar-refractivity contribution in [2.75, 3.05) is 6.54 Å². The molecular formula is C12H12BrClFNO2. The maximum absolute atomic E-state index is 13.9. The molecule has 1 heterocycles. The molecule has 3 nitrogen and oxygen atoms in total. The highest BCUT2D eigenvalue weighted by Crippen LogP contribution is 2.30. The van der Waals surface area contributed by atoms with Crippen molar-refractivity contribution in [3.63, 3.8) is 0 Å². The molecule has 1 fully saturated rings. The van der Waals surface area contributed by atoms with Crippen LogP contribution in [-0.2, 0) is 4.74 Å². The quantitative estimate of drug-likeness (QED) is 0.682. The third-order valence-corrected chi connectivity index (χ3v) is 4.22. The normalized spacial score (nSPS) is 23.3. The van der Waals surface area contributed by atoms with Gasteiger partial charge in [-0.2, -0.15) is 0 Å². The molecule has 18 heavy (non-hydrogen) atoms. The largest absolute Gasteiger partial charge is 0.366 e. The van der Waals surface area contributed by atoms with Crippen LogP contribution in [0.1, 0.15) is 23.2 Å². The van der Waals surface area contributed by atoms with Crippen LogP contribution in [0, 0.1) is 5.82 Å². The summed E-state index contributed by atoms with van der Waals surface area (Å²) in [4.78, 5) is 12.1. The minimum absolute atomic E-state index is 0.0362. The average Bonchev–Trinajstić information content (AvgIpc) is 2.84. The second-order valence-electron chi connectivity index (χ2n) is 4.15. The highest BCUT2D eigenvalue weighted by molar-refractivity contribution is 9.10. The molecule has 0 bridgehead atoms. The predicted octanol–water partition coefficient (Wildman–Crippen LogP) is 2.93. The lowest BCUT2D eigenvalue weighted by Gasteiger charge is -2.12. The molecule has 0 radical (unpaired) electrons. The van der Waals surface area contributed by atoms with E-state index < -0.39 is 11.9 Å². The number of hydrogen-bond acceptors (Lipinski definition) is 3. The van der Waals surface area contributed by atoms with Crippen LogP contribution in [0.25, 0.3) is 0 Å². The zero-order valence-electron chi connectivity index (χ0n) is 9.46. The predicted molar refractivity (Wildman–Crippen MR) is 70.4 cm³/mol. The van der Waals surface area contributed by atoms with Crippen LogP contribution in [0.3, 0.4) is 0 Å². The topological polar surface area (TPSA) is 52.3 Å². The van der Waals surface area contributed by atoms with E-state index in [-0.39, 0.29) is 22.5 Å². The Bertz CT molecular complexity index is 483. The molecule has 1 saturated heterocycles. The number of nitrogens with two attached hydrogens (primary N) is 1. The summed E-state index contributed by atoms with van der Waals surface area (Å²) in [6.07, 6.45) is 0.547. The summed E-state index contributed by atoms with van der Waals surface area (Å²) in [5, 5.41) is -0.0887. The Morgan fingerprint density at radius 3 is 2.89 bits per heavy atom. The molecule has 2 N–H and O–H groups in total. The highest BCUT2D eigenvalue weighted by Gasteiger charge is 2.32. The summed E-state index contributed by atoms with van der Waals surface area (Å²) in [5.74, 6) is -1.09. The second-order valence-corrected chi connectivity index (χ2v) is 5.38. The Hall–Kier alpha value is -0.490. The van der Waals surface area contributed by atoms with Gasteiger partial charge in [0.05, 0.1) is 16.7 Å². The van der Waals surface area contributed by atoms with Crippen LogP contribution in [0.5, 0.6) is 0 Å². The van der Waals surface area contributed by atoms with Gasteiger partial charge in [0.25, 0.3) is 0 Å². The van der Waals surface area contributed by atoms with Gasteiger partial charge < -0.3 is 10.5 Å². The van der Waals surface area contributed by atoms with Gasteiger partial charge in [-0.05, 0) is 40.9 Å². The zero-order chi connectivity index (χ0) is 13.3. The number of carbonyl (C=O) groups is 1. The van der Waals surface area contributed by atoms with Crippen molar-refractivity contribution in [1.29, 1.82) is 0 Å². The molecule has 0 amide bonds. The molecule has 2 rings (SSSR count). The highest BCUT2D eigenvalue weighted by atomic mass is 79.9. The Kier molecular flexibility index (Phi) is 4.37. The Balaban J connectivity index is 2.22. The zero-order valence-corrected chi connectivity index (χ0v) is 11.8. The maximum Gasteiger partial charge on any atom is 0.194 e. The second kappa shape index (κ2) is 5.65. The fourth-order valence-corrected chi connectivity index (χ4v) is 2.43. The van der Waals surface area contributed by atoms with Crippen molar-refractivity contribution < 1.29 is 13.9 Å². The third kappa shape index (κ3) is 2.59. The molecule has 0 spiro atoms. The molecular weight excluding hydrogens is 324 g/mol. The summed E-state index contributed by atoms with van der Waals surface area (Å²) in [7, 11) is 0. The molecule has 0 saturated carbocycles. The third-order valence-electron chi connectivity index (χ3n) is 2.96. The summed E-state index contributed by atoms with van der Waals surface area (Å²) in [5.41, 5.74) is 5.43. The maximum atomic E-state index is 13.9. The summed E-state index contributed by atoms with van der Waals surface area (Å²) >= 11 is 8.86. The van der Waals surface area contributed by atoms with Crippen molar-refractivity contribution >= 4 is 33.3 Å². The number of ether oxygens (including phenoxy) is 1. The van der Waals surface area contributed by atoms with Gasteiger partial charge in [-0.25, -0.2) is 4.39 Å².